The lowest BCUT2D eigenvalue weighted by Gasteiger charge is -2.04. The van der Waals surface area contributed by atoms with Crippen LogP contribution in [-0.4, -0.2) is 6.16 Å². The van der Waals surface area contributed by atoms with Crippen molar-refractivity contribution in [3.8, 4) is 5.75 Å². The van der Waals surface area contributed by atoms with Gasteiger partial charge in [-0.15, -0.1) is 0 Å². The molecule has 0 atom stereocenters. The molecule has 1 aromatic rings. The van der Waals surface area contributed by atoms with Crippen molar-refractivity contribution in [2.75, 3.05) is 0 Å². The van der Waals surface area contributed by atoms with Crippen molar-refractivity contribution < 1.29 is 14.3 Å². The van der Waals surface area contributed by atoms with Crippen LogP contribution in [0.1, 0.15) is 12.5 Å². The highest BCUT2D eigenvalue weighted by molar-refractivity contribution is 5.64. The third-order valence-corrected chi connectivity index (χ3v) is 1.48. The molecule has 0 saturated carbocycles. The highest BCUT2D eigenvalue weighted by Gasteiger charge is 2.05. The summed E-state index contributed by atoms with van der Waals surface area (Å²) in [5.74, 6) is 0.768. The molecule has 0 N–H and O–H groups in total. The van der Waals surface area contributed by atoms with Crippen molar-refractivity contribution in [3.05, 3.63) is 42.2 Å². The maximum absolute atomic E-state index is 11.0. The average Bonchev–Trinajstić information content (AvgIpc) is 2.07. The number of carbonyl (C=O) groups excluding carboxylic acids is 1. The number of hydrogen-bond donors (Lipinski definition) is 0. The number of allylic oxidation sites excluding steroid dienone is 1. The minimum Gasteiger partial charge on any atom is -0.400 e. The monoisotopic (exact) mass is 192 g/mol. The standard InChI is InChI=1S/C11H12O3/c1-8(2)13-11(12)14-10-6-4-9(3)5-7-10/h4-7H,1H2,2-3H3. The van der Waals surface area contributed by atoms with Gasteiger partial charge >= 0.3 is 6.16 Å². The Bertz CT molecular complexity index is 338. The smallest absolute Gasteiger partial charge is 0.400 e. The molecule has 1 rings (SSSR count). The lowest BCUT2D eigenvalue weighted by Crippen LogP contribution is -2.08. The van der Waals surface area contributed by atoms with E-state index in [1.54, 1.807) is 19.1 Å². The van der Waals surface area contributed by atoms with Gasteiger partial charge in [0.05, 0.1) is 0 Å². The number of hydrogen-bond acceptors (Lipinski definition) is 3. The van der Waals surface area contributed by atoms with Gasteiger partial charge in [0.25, 0.3) is 0 Å². The summed E-state index contributed by atoms with van der Waals surface area (Å²) in [4.78, 5) is 11.0. The maximum atomic E-state index is 11.0. The van der Waals surface area contributed by atoms with Crippen LogP contribution in [0.5, 0.6) is 5.75 Å². The van der Waals surface area contributed by atoms with Gasteiger partial charge in [-0.25, -0.2) is 4.79 Å². The quantitative estimate of drug-likeness (QED) is 0.410. The molecule has 0 aliphatic heterocycles. The predicted molar refractivity (Wildman–Crippen MR) is 53.1 cm³/mol. The van der Waals surface area contributed by atoms with E-state index < -0.39 is 6.16 Å². The van der Waals surface area contributed by atoms with Gasteiger partial charge in [0.15, 0.2) is 0 Å². The van der Waals surface area contributed by atoms with Gasteiger partial charge in [-0.3, -0.25) is 0 Å². The Hall–Kier alpha value is -1.77. The fourth-order valence-electron chi connectivity index (χ4n) is 0.866. The second kappa shape index (κ2) is 4.46. The van der Waals surface area contributed by atoms with Crippen molar-refractivity contribution in [1.82, 2.24) is 0 Å². The molecule has 0 heterocycles. The summed E-state index contributed by atoms with van der Waals surface area (Å²) in [7, 11) is 0. The van der Waals surface area contributed by atoms with Gasteiger partial charge in [-0.2, -0.15) is 0 Å². The first-order chi connectivity index (χ1) is 6.58. The summed E-state index contributed by atoms with van der Waals surface area (Å²) >= 11 is 0. The molecule has 74 valence electrons. The molecule has 0 bridgehead atoms. The summed E-state index contributed by atoms with van der Waals surface area (Å²) in [5, 5.41) is 0. The van der Waals surface area contributed by atoms with Crippen molar-refractivity contribution in [2.45, 2.75) is 13.8 Å². The van der Waals surface area contributed by atoms with Crippen molar-refractivity contribution in [3.63, 3.8) is 0 Å². The first-order valence-electron chi connectivity index (χ1n) is 4.20. The molecular weight excluding hydrogens is 180 g/mol. The molecule has 3 heteroatoms. The van der Waals surface area contributed by atoms with Gasteiger partial charge in [0, 0.05) is 0 Å². The number of ether oxygens (including phenoxy) is 2. The van der Waals surface area contributed by atoms with Gasteiger partial charge < -0.3 is 9.47 Å². The van der Waals surface area contributed by atoms with Crippen LogP contribution >= 0.6 is 0 Å². The molecule has 3 nitrogen and oxygen atoms in total. The fourth-order valence-corrected chi connectivity index (χ4v) is 0.866. The van der Waals surface area contributed by atoms with E-state index in [4.69, 9.17) is 4.74 Å². The topological polar surface area (TPSA) is 35.5 Å². The van der Waals surface area contributed by atoms with E-state index in [0.29, 0.717) is 11.5 Å². The minimum absolute atomic E-state index is 0.308. The Balaban J connectivity index is 2.56. The van der Waals surface area contributed by atoms with Gasteiger partial charge in [0.2, 0.25) is 0 Å². The maximum Gasteiger partial charge on any atom is 0.519 e. The third kappa shape index (κ3) is 3.31. The van der Waals surface area contributed by atoms with Crippen LogP contribution in [-0.2, 0) is 4.74 Å². The Morgan fingerprint density at radius 3 is 2.36 bits per heavy atom. The van der Waals surface area contributed by atoms with E-state index >= 15 is 0 Å². The molecule has 0 aliphatic carbocycles. The normalized spacial score (nSPS) is 9.29. The van der Waals surface area contributed by atoms with E-state index in [9.17, 15) is 4.79 Å². The van der Waals surface area contributed by atoms with Crippen LogP contribution in [0.4, 0.5) is 4.79 Å². The zero-order valence-corrected chi connectivity index (χ0v) is 8.24. The lowest BCUT2D eigenvalue weighted by molar-refractivity contribution is 0.127. The average molecular weight is 192 g/mol. The van der Waals surface area contributed by atoms with Crippen molar-refractivity contribution in [1.29, 1.82) is 0 Å². The highest BCUT2D eigenvalue weighted by atomic mass is 16.7. The fraction of sp³-hybridized carbons (Fsp3) is 0.182. The van der Waals surface area contributed by atoms with Crippen LogP contribution in [0.3, 0.4) is 0 Å². The molecule has 0 unspecified atom stereocenters. The van der Waals surface area contributed by atoms with Crippen LogP contribution in [0.15, 0.2) is 36.6 Å². The highest BCUT2D eigenvalue weighted by Crippen LogP contribution is 2.12. The Morgan fingerprint density at radius 2 is 1.86 bits per heavy atom. The Labute approximate surface area is 83.0 Å². The number of benzene rings is 1. The zero-order valence-electron chi connectivity index (χ0n) is 8.24. The molecule has 0 fully saturated rings. The first kappa shape index (κ1) is 10.3. The Morgan fingerprint density at radius 1 is 1.29 bits per heavy atom. The van der Waals surface area contributed by atoms with E-state index in [0.717, 1.165) is 5.56 Å². The molecule has 0 radical (unpaired) electrons. The van der Waals surface area contributed by atoms with Gasteiger partial charge in [0.1, 0.15) is 11.5 Å². The van der Waals surface area contributed by atoms with Gasteiger partial charge in [-0.05, 0) is 26.0 Å². The molecule has 0 aromatic heterocycles. The third-order valence-electron chi connectivity index (χ3n) is 1.48. The lowest BCUT2D eigenvalue weighted by atomic mass is 10.2. The largest absolute Gasteiger partial charge is 0.519 e. The van der Waals surface area contributed by atoms with Crippen molar-refractivity contribution in [2.24, 2.45) is 0 Å². The summed E-state index contributed by atoms with van der Waals surface area (Å²) < 4.78 is 9.49. The van der Waals surface area contributed by atoms with E-state index in [-0.39, 0.29) is 0 Å². The van der Waals surface area contributed by atoms with Gasteiger partial charge in [-0.1, -0.05) is 24.3 Å². The summed E-state index contributed by atoms with van der Waals surface area (Å²) in [6, 6.07) is 7.11. The van der Waals surface area contributed by atoms with Crippen LogP contribution in [0, 0.1) is 6.92 Å². The number of aryl methyl sites for hydroxylation is 1. The van der Waals surface area contributed by atoms with E-state index in [2.05, 4.69) is 11.3 Å². The molecule has 14 heavy (non-hydrogen) atoms. The van der Waals surface area contributed by atoms with E-state index in [1.165, 1.54) is 0 Å². The predicted octanol–water partition coefficient (Wildman–Crippen LogP) is 3.04. The zero-order chi connectivity index (χ0) is 10.6. The number of rotatable bonds is 2. The van der Waals surface area contributed by atoms with E-state index in [1.807, 2.05) is 19.1 Å². The molecular formula is C11H12O3. The number of carbonyl (C=O) groups is 1. The minimum atomic E-state index is -0.763. The first-order valence-corrected chi connectivity index (χ1v) is 4.20. The summed E-state index contributed by atoms with van der Waals surface area (Å²) in [6.45, 7) is 6.96. The van der Waals surface area contributed by atoms with Crippen LogP contribution in [0.25, 0.3) is 0 Å². The molecule has 0 aliphatic rings. The second-order valence-electron chi connectivity index (χ2n) is 2.97. The van der Waals surface area contributed by atoms with Crippen molar-refractivity contribution >= 4 is 6.16 Å². The molecule has 0 saturated heterocycles. The second-order valence-corrected chi connectivity index (χ2v) is 2.97. The van der Waals surface area contributed by atoms with Crippen LogP contribution < -0.4 is 4.74 Å². The summed E-state index contributed by atoms with van der Waals surface area (Å²) in [5.41, 5.74) is 1.10. The molecule has 1 aromatic carbocycles. The summed E-state index contributed by atoms with van der Waals surface area (Å²) in [6.07, 6.45) is -0.763. The molecule has 0 spiro atoms. The SMILES string of the molecule is C=C(C)OC(=O)Oc1ccc(C)cc1. The Kier molecular flexibility index (Phi) is 3.29. The van der Waals surface area contributed by atoms with Crippen LogP contribution in [0.2, 0.25) is 0 Å². The molecule has 0 amide bonds.